The van der Waals surface area contributed by atoms with E-state index in [1.54, 1.807) is 0 Å². The average Bonchev–Trinajstić information content (AvgIpc) is 2.25. The summed E-state index contributed by atoms with van der Waals surface area (Å²) < 4.78 is 23.2. The topological polar surface area (TPSA) is 71.4 Å². The van der Waals surface area contributed by atoms with Crippen LogP contribution in [0.3, 0.4) is 0 Å². The van der Waals surface area contributed by atoms with Gasteiger partial charge in [-0.05, 0) is 31.4 Å². The fourth-order valence-electron chi connectivity index (χ4n) is 1.74. The number of carboxylic acid groups (broad SMARTS) is 1. The molecule has 0 aliphatic carbocycles. The van der Waals surface area contributed by atoms with Gasteiger partial charge in [0.05, 0.1) is 17.9 Å². The summed E-state index contributed by atoms with van der Waals surface area (Å²) in [5.41, 5.74) is 3.22. The zero-order valence-electron chi connectivity index (χ0n) is 10.6. The maximum Gasteiger partial charge on any atom is 0.304 e. The molecule has 0 aliphatic heterocycles. The molecule has 1 aromatic carbocycles. The molecule has 1 rings (SSSR count). The number of carbonyl (C=O) groups is 1. The molecule has 0 heterocycles. The molecule has 0 saturated heterocycles. The van der Waals surface area contributed by atoms with Crippen molar-refractivity contribution in [2.45, 2.75) is 26.7 Å². The molecule has 0 saturated carbocycles. The van der Waals surface area contributed by atoms with Crippen molar-refractivity contribution in [1.29, 1.82) is 0 Å². The van der Waals surface area contributed by atoms with E-state index >= 15 is 0 Å². The van der Waals surface area contributed by atoms with Gasteiger partial charge in [0.1, 0.15) is 0 Å². The second-order valence-corrected chi connectivity index (χ2v) is 6.78. The van der Waals surface area contributed by atoms with E-state index < -0.39 is 15.8 Å². The van der Waals surface area contributed by atoms with Crippen molar-refractivity contribution >= 4 is 15.8 Å². The van der Waals surface area contributed by atoms with Crippen LogP contribution < -0.4 is 0 Å². The van der Waals surface area contributed by atoms with Crippen LogP contribution in [0.15, 0.2) is 18.2 Å². The van der Waals surface area contributed by atoms with E-state index in [4.69, 9.17) is 5.11 Å². The van der Waals surface area contributed by atoms with E-state index in [0.717, 1.165) is 16.7 Å². The van der Waals surface area contributed by atoms with Gasteiger partial charge in [-0.25, -0.2) is 8.42 Å². The van der Waals surface area contributed by atoms with Crippen LogP contribution >= 0.6 is 0 Å². The van der Waals surface area contributed by atoms with Gasteiger partial charge in [0.25, 0.3) is 0 Å². The Bertz CT molecular complexity index is 532. The van der Waals surface area contributed by atoms with E-state index in [2.05, 4.69) is 0 Å². The lowest BCUT2D eigenvalue weighted by atomic mass is 10.0. The average molecular weight is 270 g/mol. The number of hydrogen-bond donors (Lipinski definition) is 1. The Hall–Kier alpha value is -1.36. The Labute approximate surface area is 108 Å². The van der Waals surface area contributed by atoms with Gasteiger partial charge in [-0.3, -0.25) is 4.79 Å². The van der Waals surface area contributed by atoms with Crippen molar-refractivity contribution in [1.82, 2.24) is 0 Å². The molecule has 0 spiro atoms. The first-order valence-electron chi connectivity index (χ1n) is 5.78. The first-order valence-corrected chi connectivity index (χ1v) is 7.60. The molecule has 100 valence electrons. The highest BCUT2D eigenvalue weighted by molar-refractivity contribution is 7.91. The second-order valence-electron chi connectivity index (χ2n) is 4.48. The number of aryl methyl sites for hydroxylation is 3. The third-order valence-electron chi connectivity index (χ3n) is 2.81. The van der Waals surface area contributed by atoms with Gasteiger partial charge in [-0.1, -0.05) is 23.8 Å². The standard InChI is InChI=1S/C13H18O4S/c1-10-3-4-12(11(2)9-10)5-7-18(16,17)8-6-13(14)15/h3-4,9H,5-8H2,1-2H3,(H,14,15). The zero-order valence-corrected chi connectivity index (χ0v) is 11.5. The lowest BCUT2D eigenvalue weighted by molar-refractivity contribution is -0.136. The minimum Gasteiger partial charge on any atom is -0.481 e. The molecule has 0 radical (unpaired) electrons. The smallest absolute Gasteiger partial charge is 0.304 e. The largest absolute Gasteiger partial charge is 0.481 e. The van der Waals surface area contributed by atoms with Gasteiger partial charge < -0.3 is 5.11 Å². The van der Waals surface area contributed by atoms with E-state index in [-0.39, 0.29) is 17.9 Å². The monoisotopic (exact) mass is 270 g/mol. The number of carboxylic acids is 1. The third kappa shape index (κ3) is 4.87. The molecule has 5 heteroatoms. The summed E-state index contributed by atoms with van der Waals surface area (Å²) >= 11 is 0. The molecule has 18 heavy (non-hydrogen) atoms. The Balaban J connectivity index is 2.61. The Morgan fingerprint density at radius 2 is 1.89 bits per heavy atom. The number of sulfone groups is 1. The summed E-state index contributed by atoms with van der Waals surface area (Å²) in [4.78, 5) is 10.3. The molecule has 4 nitrogen and oxygen atoms in total. The predicted molar refractivity (Wildman–Crippen MR) is 70.5 cm³/mol. The normalized spacial score (nSPS) is 11.4. The highest BCUT2D eigenvalue weighted by Gasteiger charge is 2.13. The van der Waals surface area contributed by atoms with Crippen molar-refractivity contribution in [3.05, 3.63) is 34.9 Å². The van der Waals surface area contributed by atoms with E-state index in [1.807, 2.05) is 32.0 Å². The number of benzene rings is 1. The first kappa shape index (κ1) is 14.7. The fraction of sp³-hybridized carbons (Fsp3) is 0.462. The number of hydrogen-bond acceptors (Lipinski definition) is 3. The quantitative estimate of drug-likeness (QED) is 0.854. The lowest BCUT2D eigenvalue weighted by Gasteiger charge is -2.07. The van der Waals surface area contributed by atoms with E-state index in [0.29, 0.717) is 6.42 Å². The van der Waals surface area contributed by atoms with Crippen LogP contribution in [0.25, 0.3) is 0 Å². The van der Waals surface area contributed by atoms with Gasteiger partial charge in [-0.15, -0.1) is 0 Å². The molecule has 0 aliphatic rings. The first-order chi connectivity index (χ1) is 8.30. The van der Waals surface area contributed by atoms with Gasteiger partial charge in [-0.2, -0.15) is 0 Å². The van der Waals surface area contributed by atoms with Crippen molar-refractivity contribution in [2.24, 2.45) is 0 Å². The lowest BCUT2D eigenvalue weighted by Crippen LogP contribution is -2.16. The molecule has 0 amide bonds. The summed E-state index contributed by atoms with van der Waals surface area (Å²) in [5, 5.41) is 8.47. The van der Waals surface area contributed by atoms with Gasteiger partial charge in [0.15, 0.2) is 9.84 Å². The second kappa shape index (κ2) is 6.00. The molecular formula is C13H18O4S. The fourth-order valence-corrected chi connectivity index (χ4v) is 2.96. The Morgan fingerprint density at radius 3 is 2.44 bits per heavy atom. The molecule has 0 unspecified atom stereocenters. The third-order valence-corrected chi connectivity index (χ3v) is 4.46. The van der Waals surface area contributed by atoms with Crippen LogP contribution in [0.2, 0.25) is 0 Å². The molecule has 0 bridgehead atoms. The van der Waals surface area contributed by atoms with Crippen LogP contribution in [-0.2, 0) is 21.1 Å². The predicted octanol–water partition coefficient (Wildman–Crippen LogP) is 1.74. The zero-order chi connectivity index (χ0) is 13.8. The van der Waals surface area contributed by atoms with Crippen molar-refractivity contribution in [2.75, 3.05) is 11.5 Å². The van der Waals surface area contributed by atoms with Crippen LogP contribution in [0.5, 0.6) is 0 Å². The summed E-state index contributed by atoms with van der Waals surface area (Å²) in [6, 6.07) is 5.89. The summed E-state index contributed by atoms with van der Waals surface area (Å²) in [6.45, 7) is 3.94. The van der Waals surface area contributed by atoms with Crippen molar-refractivity contribution < 1.29 is 18.3 Å². The molecule has 1 N–H and O–H groups in total. The van der Waals surface area contributed by atoms with Crippen LogP contribution in [0.4, 0.5) is 0 Å². The maximum absolute atomic E-state index is 11.6. The van der Waals surface area contributed by atoms with Gasteiger partial charge in [0.2, 0.25) is 0 Å². The van der Waals surface area contributed by atoms with E-state index in [9.17, 15) is 13.2 Å². The van der Waals surface area contributed by atoms with Crippen LogP contribution in [-0.4, -0.2) is 31.0 Å². The highest BCUT2D eigenvalue weighted by Crippen LogP contribution is 2.12. The highest BCUT2D eigenvalue weighted by atomic mass is 32.2. The maximum atomic E-state index is 11.6. The van der Waals surface area contributed by atoms with Crippen LogP contribution in [0.1, 0.15) is 23.1 Å². The molecule has 0 atom stereocenters. The van der Waals surface area contributed by atoms with Crippen molar-refractivity contribution in [3.8, 4) is 0 Å². The molecule has 1 aromatic rings. The number of rotatable bonds is 6. The summed E-state index contributed by atoms with van der Waals surface area (Å²) in [5.74, 6) is -1.36. The molecular weight excluding hydrogens is 252 g/mol. The summed E-state index contributed by atoms with van der Waals surface area (Å²) in [7, 11) is -3.28. The number of aliphatic carboxylic acids is 1. The minimum atomic E-state index is -3.28. The molecule has 0 aromatic heterocycles. The van der Waals surface area contributed by atoms with Gasteiger partial charge >= 0.3 is 5.97 Å². The van der Waals surface area contributed by atoms with Gasteiger partial charge in [0, 0.05) is 0 Å². The Morgan fingerprint density at radius 1 is 1.22 bits per heavy atom. The summed E-state index contributed by atoms with van der Waals surface area (Å²) in [6.07, 6.45) is 0.114. The van der Waals surface area contributed by atoms with Crippen molar-refractivity contribution in [3.63, 3.8) is 0 Å². The Kier molecular flexibility index (Phi) is 4.90. The minimum absolute atomic E-state index is 0.00415. The van der Waals surface area contributed by atoms with E-state index in [1.165, 1.54) is 0 Å². The van der Waals surface area contributed by atoms with Crippen LogP contribution in [0, 0.1) is 13.8 Å². The SMILES string of the molecule is Cc1ccc(CCS(=O)(=O)CCC(=O)O)c(C)c1. The molecule has 0 fully saturated rings.